The lowest BCUT2D eigenvalue weighted by Gasteiger charge is -2.41. The van der Waals surface area contributed by atoms with Gasteiger partial charge in [-0.1, -0.05) is 0 Å². The molecule has 0 spiro atoms. The first-order valence-corrected chi connectivity index (χ1v) is 14.0. The number of nitrogens with one attached hydrogen (secondary N) is 1. The predicted octanol–water partition coefficient (Wildman–Crippen LogP) is 5.37. The Hall–Kier alpha value is -0.273. The van der Waals surface area contributed by atoms with E-state index in [1.807, 2.05) is 0 Å². The number of hydrogen-bond acceptors (Lipinski definition) is 4. The second-order valence-corrected chi connectivity index (χ2v) is 16.0. The molecule has 0 saturated heterocycles. The summed E-state index contributed by atoms with van der Waals surface area (Å²) in [4.78, 5) is 3.86. The summed E-state index contributed by atoms with van der Waals surface area (Å²) in [6.07, 6.45) is -10.8. The van der Waals surface area contributed by atoms with E-state index in [9.17, 15) is 22.1 Å². The SMILES string of the molecule is CC(C)(C)[S@@+]([O-])N[C@](C)(c1nc(Br)ccc1F)[C@@H](F)[C@@H](O[Si](C)(C)C)C(F)(F)F. The Bertz CT molecular complexity index is 715. The second-order valence-electron chi connectivity index (χ2n) is 8.74. The van der Waals surface area contributed by atoms with Crippen LogP contribution in [0.5, 0.6) is 0 Å². The molecule has 0 radical (unpaired) electrons. The van der Waals surface area contributed by atoms with E-state index in [1.54, 1.807) is 20.8 Å². The van der Waals surface area contributed by atoms with Crippen LogP contribution in [0.3, 0.4) is 0 Å². The van der Waals surface area contributed by atoms with Crippen LogP contribution < -0.4 is 4.72 Å². The molecule has 0 bridgehead atoms. The van der Waals surface area contributed by atoms with Gasteiger partial charge in [0.2, 0.25) is 0 Å². The number of hydrogen-bond donors (Lipinski definition) is 1. The minimum absolute atomic E-state index is 0.0883. The van der Waals surface area contributed by atoms with Crippen molar-refractivity contribution < 1.29 is 30.9 Å². The van der Waals surface area contributed by atoms with Crippen molar-refractivity contribution in [3.8, 4) is 0 Å². The van der Waals surface area contributed by atoms with Crippen molar-refractivity contribution in [3.63, 3.8) is 0 Å². The molecule has 0 aliphatic rings. The number of aromatic nitrogens is 1. The Morgan fingerprint density at radius 3 is 2.10 bits per heavy atom. The highest BCUT2D eigenvalue weighted by atomic mass is 79.9. The Morgan fingerprint density at radius 1 is 1.17 bits per heavy atom. The van der Waals surface area contributed by atoms with E-state index in [0.717, 1.165) is 13.0 Å². The summed E-state index contributed by atoms with van der Waals surface area (Å²) >= 11 is 0.986. The van der Waals surface area contributed by atoms with Gasteiger partial charge in [-0.25, -0.2) is 13.8 Å². The number of pyridine rings is 1. The molecule has 0 aliphatic carbocycles. The molecule has 0 saturated carbocycles. The molecule has 1 aromatic rings. The van der Waals surface area contributed by atoms with Gasteiger partial charge in [0.1, 0.15) is 26.4 Å². The van der Waals surface area contributed by atoms with E-state index >= 15 is 4.39 Å². The fraction of sp³-hybridized carbons (Fsp3) is 0.706. The van der Waals surface area contributed by atoms with Crippen LogP contribution >= 0.6 is 15.9 Å². The van der Waals surface area contributed by atoms with Gasteiger partial charge in [-0.3, -0.25) is 0 Å². The normalized spacial score (nSPS) is 18.8. The van der Waals surface area contributed by atoms with Crippen LogP contribution in [0.1, 0.15) is 33.4 Å². The van der Waals surface area contributed by atoms with Crippen LogP contribution in [0, 0.1) is 5.82 Å². The summed E-state index contributed by atoms with van der Waals surface area (Å²) in [5.41, 5.74) is -3.03. The van der Waals surface area contributed by atoms with Gasteiger partial charge in [-0.15, -0.1) is 4.72 Å². The Kier molecular flexibility index (Phi) is 8.37. The van der Waals surface area contributed by atoms with Crippen molar-refractivity contribution in [2.24, 2.45) is 0 Å². The molecule has 0 aromatic carbocycles. The standard InChI is InChI=1S/C17H26BrF5N2O2SSi/c1-15(2,3)28(26)25-16(4,13-10(19)8-9-11(18)24-13)12(20)14(17(21,22)23)27-29(5,6)7/h8-9,12,14,25H,1-7H3/t12-,14+,16-,28+/m0/s1. The maximum Gasteiger partial charge on any atom is 0.416 e. The van der Waals surface area contributed by atoms with Gasteiger partial charge in [-0.2, -0.15) is 13.2 Å². The van der Waals surface area contributed by atoms with Crippen molar-refractivity contribution >= 4 is 35.6 Å². The third-order valence-corrected chi connectivity index (χ3v) is 6.91. The third kappa shape index (κ3) is 7.13. The van der Waals surface area contributed by atoms with E-state index in [4.69, 9.17) is 4.43 Å². The molecule has 0 amide bonds. The van der Waals surface area contributed by atoms with Gasteiger partial charge in [-0.05, 0) is 75.4 Å². The average molecular weight is 525 g/mol. The van der Waals surface area contributed by atoms with Crippen LogP contribution in [0.15, 0.2) is 16.7 Å². The zero-order valence-corrected chi connectivity index (χ0v) is 20.7. The summed E-state index contributed by atoms with van der Waals surface area (Å²) < 4.78 is 90.7. The van der Waals surface area contributed by atoms with Crippen LogP contribution in [-0.4, -0.2) is 41.1 Å². The highest BCUT2D eigenvalue weighted by Gasteiger charge is 2.58. The van der Waals surface area contributed by atoms with Crippen LogP contribution in [0.4, 0.5) is 22.0 Å². The molecular weight excluding hydrogens is 499 g/mol. The summed E-state index contributed by atoms with van der Waals surface area (Å²) in [7, 11) is -2.86. The fourth-order valence-corrected chi connectivity index (χ4v) is 4.56. The first-order valence-electron chi connectivity index (χ1n) is 8.70. The largest absolute Gasteiger partial charge is 0.598 e. The first kappa shape index (κ1) is 26.8. The molecule has 4 atom stereocenters. The minimum Gasteiger partial charge on any atom is -0.598 e. The Morgan fingerprint density at radius 2 is 1.69 bits per heavy atom. The summed E-state index contributed by atoms with van der Waals surface area (Å²) in [5.74, 6) is -1.04. The van der Waals surface area contributed by atoms with E-state index < -0.39 is 59.9 Å². The van der Waals surface area contributed by atoms with E-state index in [1.165, 1.54) is 25.7 Å². The van der Waals surface area contributed by atoms with Crippen LogP contribution in [-0.2, 0) is 21.3 Å². The number of alkyl halides is 4. The van der Waals surface area contributed by atoms with Crippen molar-refractivity contribution in [2.45, 2.75) is 76.1 Å². The quantitative estimate of drug-likeness (QED) is 0.225. The van der Waals surface area contributed by atoms with Crippen molar-refractivity contribution in [3.05, 3.63) is 28.2 Å². The third-order valence-electron chi connectivity index (χ3n) is 3.79. The van der Waals surface area contributed by atoms with Gasteiger partial charge in [0.05, 0.1) is 0 Å². The molecular formula is C17H26BrF5N2O2SSi. The monoisotopic (exact) mass is 524 g/mol. The van der Waals surface area contributed by atoms with Crippen molar-refractivity contribution in [2.75, 3.05) is 0 Å². The lowest BCUT2D eigenvalue weighted by atomic mass is 9.88. The maximum atomic E-state index is 15.6. The van der Waals surface area contributed by atoms with Gasteiger partial charge in [0.25, 0.3) is 0 Å². The summed E-state index contributed by atoms with van der Waals surface area (Å²) in [6.45, 7) is 10.1. The topological polar surface area (TPSA) is 57.2 Å². The van der Waals surface area contributed by atoms with Gasteiger partial charge in [0, 0.05) is 11.4 Å². The lowest BCUT2D eigenvalue weighted by molar-refractivity contribution is -0.222. The molecule has 0 unspecified atom stereocenters. The number of rotatable bonds is 7. The molecule has 29 heavy (non-hydrogen) atoms. The van der Waals surface area contributed by atoms with E-state index in [0.29, 0.717) is 0 Å². The molecule has 0 fully saturated rings. The zero-order valence-electron chi connectivity index (χ0n) is 17.2. The lowest BCUT2D eigenvalue weighted by Crippen LogP contribution is -2.61. The first-order chi connectivity index (χ1) is 12.8. The van der Waals surface area contributed by atoms with Crippen LogP contribution in [0.2, 0.25) is 19.6 Å². The molecule has 168 valence electrons. The van der Waals surface area contributed by atoms with Gasteiger partial charge in [0.15, 0.2) is 20.6 Å². The van der Waals surface area contributed by atoms with Gasteiger partial charge < -0.3 is 8.98 Å². The maximum absolute atomic E-state index is 15.6. The molecule has 1 rings (SSSR count). The van der Waals surface area contributed by atoms with E-state index in [-0.39, 0.29) is 4.60 Å². The molecule has 0 aliphatic heterocycles. The zero-order chi connectivity index (χ0) is 23.0. The Labute approximate surface area is 180 Å². The highest BCUT2D eigenvalue weighted by Crippen LogP contribution is 2.40. The molecule has 1 N–H and O–H groups in total. The molecule has 1 aromatic heterocycles. The smallest absolute Gasteiger partial charge is 0.416 e. The van der Waals surface area contributed by atoms with Crippen LogP contribution in [0.25, 0.3) is 0 Å². The summed E-state index contributed by atoms with van der Waals surface area (Å²) in [5, 5.41) is 0. The van der Waals surface area contributed by atoms with Crippen molar-refractivity contribution in [1.29, 1.82) is 0 Å². The highest BCUT2D eigenvalue weighted by molar-refractivity contribution is 9.10. The summed E-state index contributed by atoms with van der Waals surface area (Å²) in [6, 6.07) is 2.17. The molecule has 12 heteroatoms. The van der Waals surface area contributed by atoms with E-state index in [2.05, 4.69) is 25.6 Å². The predicted molar refractivity (Wildman–Crippen MR) is 109 cm³/mol. The second kappa shape index (κ2) is 9.07. The minimum atomic E-state index is -5.08. The number of halogens is 6. The average Bonchev–Trinajstić information content (AvgIpc) is 2.51. The number of nitrogens with zero attached hydrogens (tertiary/aromatic N) is 1. The Balaban J connectivity index is 3.62. The molecule has 1 heterocycles. The fourth-order valence-electron chi connectivity index (χ4n) is 2.34. The van der Waals surface area contributed by atoms with Gasteiger partial charge >= 0.3 is 6.18 Å². The molecule has 4 nitrogen and oxygen atoms in total. The van der Waals surface area contributed by atoms with Crippen molar-refractivity contribution in [1.82, 2.24) is 9.71 Å².